The molecule has 34 heavy (non-hydrogen) atoms. The van der Waals surface area contributed by atoms with Gasteiger partial charge in [0.2, 0.25) is 0 Å². The third kappa shape index (κ3) is 4.76. The van der Waals surface area contributed by atoms with Crippen LogP contribution in [0, 0.1) is 6.92 Å². The highest BCUT2D eigenvalue weighted by atomic mass is 32.1. The van der Waals surface area contributed by atoms with Crippen molar-refractivity contribution in [1.82, 2.24) is 25.1 Å². The number of aryl methyl sites for hydroxylation is 1. The van der Waals surface area contributed by atoms with Crippen molar-refractivity contribution in [3.05, 3.63) is 59.4 Å². The number of carbonyl (C=O) groups is 1. The Balaban J connectivity index is 1.32. The van der Waals surface area contributed by atoms with Gasteiger partial charge in [-0.15, -0.1) is 10.2 Å². The van der Waals surface area contributed by atoms with E-state index in [1.165, 1.54) is 0 Å². The molecule has 0 radical (unpaired) electrons. The van der Waals surface area contributed by atoms with E-state index in [0.717, 1.165) is 58.3 Å². The van der Waals surface area contributed by atoms with E-state index in [1.807, 2.05) is 37.3 Å². The number of nitrogens with one attached hydrogen (secondary N) is 1. The van der Waals surface area contributed by atoms with Crippen LogP contribution >= 0.6 is 11.3 Å². The van der Waals surface area contributed by atoms with Crippen LogP contribution in [0.3, 0.4) is 0 Å². The van der Waals surface area contributed by atoms with Crippen molar-refractivity contribution in [2.24, 2.45) is 0 Å². The highest BCUT2D eigenvalue weighted by Crippen LogP contribution is 2.27. The first-order valence-corrected chi connectivity index (χ1v) is 12.2. The van der Waals surface area contributed by atoms with Crippen LogP contribution in [0.15, 0.2) is 48.8 Å². The zero-order chi connectivity index (χ0) is 23.7. The molecule has 1 amide bonds. The minimum Gasteiger partial charge on any atom is -0.354 e. The maximum atomic E-state index is 13.0. The number of carbonyl (C=O) groups excluding carboxylic acids is 1. The van der Waals surface area contributed by atoms with E-state index in [9.17, 15) is 4.79 Å². The molecule has 4 heterocycles. The molecule has 1 fully saturated rings. The van der Waals surface area contributed by atoms with Crippen molar-refractivity contribution >= 4 is 39.7 Å². The van der Waals surface area contributed by atoms with Crippen LogP contribution in [0.5, 0.6) is 0 Å². The number of aromatic nitrogens is 4. The molecule has 0 spiro atoms. The SMILES string of the molecule is Cc1nnc(-c2ccc3cnc(NC(=O)c4ccnc(N5CCN(C(C)C)CC5)c4)cc3c2)s1. The molecule has 1 aliphatic heterocycles. The van der Waals surface area contributed by atoms with Gasteiger partial charge >= 0.3 is 0 Å². The van der Waals surface area contributed by atoms with Crippen molar-refractivity contribution < 1.29 is 4.79 Å². The number of fused-ring (bicyclic) bond motifs is 1. The van der Waals surface area contributed by atoms with Gasteiger partial charge in [-0.25, -0.2) is 9.97 Å². The van der Waals surface area contributed by atoms with Crippen LogP contribution in [-0.4, -0.2) is 63.2 Å². The molecule has 1 aliphatic rings. The van der Waals surface area contributed by atoms with Gasteiger partial charge in [0.15, 0.2) is 0 Å². The summed E-state index contributed by atoms with van der Waals surface area (Å²) in [5.41, 5.74) is 1.56. The molecule has 9 heteroatoms. The lowest BCUT2D eigenvalue weighted by atomic mass is 10.1. The van der Waals surface area contributed by atoms with E-state index in [-0.39, 0.29) is 5.91 Å². The van der Waals surface area contributed by atoms with Gasteiger partial charge in [0.1, 0.15) is 21.7 Å². The van der Waals surface area contributed by atoms with Crippen molar-refractivity contribution in [3.63, 3.8) is 0 Å². The monoisotopic (exact) mass is 473 g/mol. The fourth-order valence-electron chi connectivity index (χ4n) is 4.14. The third-order valence-corrected chi connectivity index (χ3v) is 7.00. The zero-order valence-corrected chi connectivity index (χ0v) is 20.3. The summed E-state index contributed by atoms with van der Waals surface area (Å²) in [5.74, 6) is 1.14. The van der Waals surface area contributed by atoms with E-state index in [4.69, 9.17) is 0 Å². The Morgan fingerprint density at radius 1 is 1.00 bits per heavy atom. The summed E-state index contributed by atoms with van der Waals surface area (Å²) >= 11 is 1.56. The lowest BCUT2D eigenvalue weighted by molar-refractivity contribution is 0.102. The van der Waals surface area contributed by atoms with E-state index in [1.54, 1.807) is 29.8 Å². The molecule has 0 saturated carbocycles. The normalized spacial score (nSPS) is 14.6. The highest BCUT2D eigenvalue weighted by Gasteiger charge is 2.20. The number of piperazine rings is 1. The molecule has 0 atom stereocenters. The Bertz CT molecular complexity index is 1330. The average molecular weight is 474 g/mol. The van der Waals surface area contributed by atoms with Crippen LogP contribution in [-0.2, 0) is 0 Å². The summed E-state index contributed by atoms with van der Waals surface area (Å²) in [7, 11) is 0. The van der Waals surface area contributed by atoms with Gasteiger partial charge in [-0.3, -0.25) is 9.69 Å². The highest BCUT2D eigenvalue weighted by molar-refractivity contribution is 7.14. The Morgan fingerprint density at radius 3 is 2.56 bits per heavy atom. The lowest BCUT2D eigenvalue weighted by Crippen LogP contribution is -2.49. The Morgan fingerprint density at radius 2 is 1.82 bits per heavy atom. The molecule has 1 N–H and O–H groups in total. The Kier molecular flexibility index (Phi) is 6.21. The summed E-state index contributed by atoms with van der Waals surface area (Å²) in [6.07, 6.45) is 3.47. The van der Waals surface area contributed by atoms with E-state index in [0.29, 0.717) is 17.4 Å². The Labute approximate surface area is 202 Å². The second kappa shape index (κ2) is 9.44. The van der Waals surface area contributed by atoms with Gasteiger partial charge < -0.3 is 10.2 Å². The van der Waals surface area contributed by atoms with E-state index >= 15 is 0 Å². The molecule has 5 rings (SSSR count). The molecule has 1 aromatic carbocycles. The number of hydrogen-bond acceptors (Lipinski definition) is 8. The number of benzene rings is 1. The molecule has 0 aliphatic carbocycles. The van der Waals surface area contributed by atoms with Gasteiger partial charge in [0.25, 0.3) is 5.91 Å². The van der Waals surface area contributed by atoms with Crippen LogP contribution in [0.2, 0.25) is 0 Å². The van der Waals surface area contributed by atoms with Gasteiger partial charge in [-0.05, 0) is 50.4 Å². The van der Waals surface area contributed by atoms with Crippen molar-refractivity contribution in [2.75, 3.05) is 36.4 Å². The largest absolute Gasteiger partial charge is 0.354 e. The topological polar surface area (TPSA) is 87.1 Å². The minimum atomic E-state index is -0.202. The van der Waals surface area contributed by atoms with Crippen molar-refractivity contribution in [3.8, 4) is 10.6 Å². The summed E-state index contributed by atoms with van der Waals surface area (Å²) in [5, 5.41) is 15.1. The van der Waals surface area contributed by atoms with Crippen molar-refractivity contribution in [1.29, 1.82) is 0 Å². The number of nitrogens with zero attached hydrogens (tertiary/aromatic N) is 6. The fourth-order valence-corrected chi connectivity index (χ4v) is 4.83. The summed E-state index contributed by atoms with van der Waals surface area (Å²) in [4.78, 5) is 26.6. The molecule has 0 bridgehead atoms. The first-order chi connectivity index (χ1) is 16.5. The molecule has 8 nitrogen and oxygen atoms in total. The van der Waals surface area contributed by atoms with Crippen LogP contribution in [0.25, 0.3) is 21.3 Å². The summed E-state index contributed by atoms with van der Waals surface area (Å²) in [6, 6.07) is 12.1. The molecule has 1 saturated heterocycles. The quantitative estimate of drug-likeness (QED) is 0.464. The van der Waals surface area contributed by atoms with Gasteiger partial charge in [0.05, 0.1) is 0 Å². The zero-order valence-electron chi connectivity index (χ0n) is 19.5. The standard InChI is InChI=1S/C25H27N7OS/c1-16(2)31-8-10-32(11-9-31)23-14-18(6-7-26-23)24(33)28-22-13-21-12-19(4-5-20(21)15-27-22)25-30-29-17(3)34-25/h4-7,12-16H,8-11H2,1-3H3,(H,27,28,33). The first kappa shape index (κ1) is 22.4. The van der Waals surface area contributed by atoms with Crippen LogP contribution in [0.4, 0.5) is 11.6 Å². The third-order valence-electron chi connectivity index (χ3n) is 6.11. The van der Waals surface area contributed by atoms with Gasteiger partial charge in [-0.1, -0.05) is 23.5 Å². The number of amides is 1. The number of pyridine rings is 2. The molecular weight excluding hydrogens is 446 g/mol. The number of hydrogen-bond donors (Lipinski definition) is 1. The molecule has 3 aromatic heterocycles. The summed E-state index contributed by atoms with van der Waals surface area (Å²) < 4.78 is 0. The van der Waals surface area contributed by atoms with Gasteiger partial charge in [-0.2, -0.15) is 0 Å². The first-order valence-electron chi connectivity index (χ1n) is 11.4. The van der Waals surface area contributed by atoms with Gasteiger partial charge in [0, 0.05) is 61.1 Å². The van der Waals surface area contributed by atoms with Crippen LogP contribution < -0.4 is 10.2 Å². The predicted octanol–water partition coefficient (Wildman–Crippen LogP) is 4.24. The molecule has 4 aromatic rings. The molecule has 0 unspecified atom stereocenters. The van der Waals surface area contributed by atoms with E-state index < -0.39 is 0 Å². The molecular formula is C25H27N7OS. The number of anilines is 2. The van der Waals surface area contributed by atoms with E-state index in [2.05, 4.69) is 49.1 Å². The van der Waals surface area contributed by atoms with Crippen LogP contribution in [0.1, 0.15) is 29.2 Å². The lowest BCUT2D eigenvalue weighted by Gasteiger charge is -2.37. The second-order valence-electron chi connectivity index (χ2n) is 8.73. The smallest absolute Gasteiger partial charge is 0.257 e. The second-order valence-corrected chi connectivity index (χ2v) is 9.91. The Hall–Kier alpha value is -3.43. The molecule has 174 valence electrons. The predicted molar refractivity (Wildman–Crippen MR) is 136 cm³/mol. The minimum absolute atomic E-state index is 0.202. The maximum Gasteiger partial charge on any atom is 0.257 e. The fraction of sp³-hybridized carbons (Fsp3) is 0.320. The summed E-state index contributed by atoms with van der Waals surface area (Å²) in [6.45, 7) is 10.2. The maximum absolute atomic E-state index is 13.0. The average Bonchev–Trinajstić information content (AvgIpc) is 3.30. The number of rotatable bonds is 5. The van der Waals surface area contributed by atoms with Crippen molar-refractivity contribution in [2.45, 2.75) is 26.8 Å².